The van der Waals surface area contributed by atoms with Gasteiger partial charge in [0.05, 0.1) is 0 Å². The summed E-state index contributed by atoms with van der Waals surface area (Å²) in [5.41, 5.74) is -0.666. The van der Waals surface area contributed by atoms with Crippen LogP contribution in [0, 0.1) is 5.92 Å². The molecule has 9 heteroatoms. The summed E-state index contributed by atoms with van der Waals surface area (Å²) in [5, 5.41) is 9.14. The lowest BCUT2D eigenvalue weighted by molar-refractivity contribution is -0.0954. The lowest BCUT2D eigenvalue weighted by atomic mass is 10.0. The fourth-order valence-corrected chi connectivity index (χ4v) is 4.34. The Morgan fingerprint density at radius 1 is 1.29 bits per heavy atom. The van der Waals surface area contributed by atoms with Crippen LogP contribution >= 0.6 is 0 Å². The smallest absolute Gasteiger partial charge is 0.396 e. The van der Waals surface area contributed by atoms with E-state index in [1.807, 2.05) is 0 Å². The van der Waals surface area contributed by atoms with Gasteiger partial charge in [-0.15, -0.1) is 0 Å². The van der Waals surface area contributed by atoms with E-state index in [4.69, 9.17) is 5.11 Å². The highest BCUT2D eigenvalue weighted by Gasteiger charge is 2.39. The van der Waals surface area contributed by atoms with Crippen LogP contribution in [0.15, 0.2) is 11.6 Å². The minimum atomic E-state index is -4.39. The molecule has 1 N–H and O–H groups in total. The van der Waals surface area contributed by atoms with Crippen molar-refractivity contribution in [1.82, 2.24) is 8.61 Å². The number of rotatable bonds is 3. The number of alkyl halides is 3. The van der Waals surface area contributed by atoms with Gasteiger partial charge in [-0.1, -0.05) is 6.08 Å². The normalized spacial score (nSPS) is 26.7. The summed E-state index contributed by atoms with van der Waals surface area (Å²) < 4.78 is 64.8. The van der Waals surface area contributed by atoms with E-state index in [9.17, 15) is 21.6 Å². The first-order chi connectivity index (χ1) is 9.75. The van der Waals surface area contributed by atoms with Gasteiger partial charge in [0.25, 0.3) is 10.2 Å². The molecule has 1 saturated heterocycles. The molecule has 122 valence electrons. The van der Waals surface area contributed by atoms with Crippen LogP contribution in [0.1, 0.15) is 19.3 Å². The molecule has 0 radical (unpaired) electrons. The summed E-state index contributed by atoms with van der Waals surface area (Å²) in [4.78, 5) is 0. The first-order valence-electron chi connectivity index (χ1n) is 6.87. The Kier molecular flexibility index (Phi) is 4.96. The van der Waals surface area contributed by atoms with Crippen LogP contribution in [-0.2, 0) is 10.2 Å². The topological polar surface area (TPSA) is 60.9 Å². The van der Waals surface area contributed by atoms with E-state index in [2.05, 4.69) is 0 Å². The first kappa shape index (κ1) is 16.7. The lowest BCUT2D eigenvalue weighted by Crippen LogP contribution is -2.49. The quantitative estimate of drug-likeness (QED) is 0.790. The van der Waals surface area contributed by atoms with E-state index in [0.717, 1.165) is 16.8 Å². The summed E-state index contributed by atoms with van der Waals surface area (Å²) in [5.74, 6) is -0.0976. The molecule has 2 aliphatic heterocycles. The molecule has 0 aromatic heterocycles. The molecular formula is C12H19F3N2O3S. The lowest BCUT2D eigenvalue weighted by Gasteiger charge is -2.36. The Morgan fingerprint density at radius 2 is 2.00 bits per heavy atom. The third-order valence-electron chi connectivity index (χ3n) is 3.93. The van der Waals surface area contributed by atoms with Crippen LogP contribution < -0.4 is 0 Å². The number of nitrogens with zero attached hydrogens (tertiary/aromatic N) is 2. The predicted molar refractivity (Wildman–Crippen MR) is 70.6 cm³/mol. The van der Waals surface area contributed by atoms with Crippen molar-refractivity contribution in [3.63, 3.8) is 0 Å². The van der Waals surface area contributed by atoms with E-state index < -0.39 is 22.0 Å². The van der Waals surface area contributed by atoms with Crippen LogP contribution in [0.25, 0.3) is 0 Å². The van der Waals surface area contributed by atoms with Gasteiger partial charge >= 0.3 is 6.18 Å². The van der Waals surface area contributed by atoms with Crippen molar-refractivity contribution in [1.29, 1.82) is 0 Å². The molecule has 2 rings (SSSR count). The molecule has 0 bridgehead atoms. The highest BCUT2D eigenvalue weighted by Crippen LogP contribution is 2.31. The molecule has 5 nitrogen and oxygen atoms in total. The summed E-state index contributed by atoms with van der Waals surface area (Å²) in [7, 11) is -3.75. The molecule has 0 saturated carbocycles. The van der Waals surface area contributed by atoms with Gasteiger partial charge in [0.15, 0.2) is 0 Å². The van der Waals surface area contributed by atoms with Crippen molar-refractivity contribution >= 4 is 10.2 Å². The van der Waals surface area contributed by atoms with Gasteiger partial charge in [0, 0.05) is 38.4 Å². The van der Waals surface area contributed by atoms with E-state index in [0.29, 0.717) is 13.0 Å². The SMILES string of the molecule is O=S(=O)(N1CC=C(C(F)(F)F)CC1)N1CCCC(CO)C1. The zero-order valence-corrected chi connectivity index (χ0v) is 12.3. The fraction of sp³-hybridized carbons (Fsp3) is 0.833. The summed E-state index contributed by atoms with van der Waals surface area (Å²) in [6.07, 6.45) is -2.35. The fourth-order valence-electron chi connectivity index (χ4n) is 2.67. The number of halogens is 3. The van der Waals surface area contributed by atoms with Crippen molar-refractivity contribution in [2.45, 2.75) is 25.4 Å². The van der Waals surface area contributed by atoms with Gasteiger partial charge in [0.2, 0.25) is 0 Å². The number of hydrogen-bond donors (Lipinski definition) is 1. The molecule has 0 amide bonds. The minimum Gasteiger partial charge on any atom is -0.396 e. The van der Waals surface area contributed by atoms with E-state index >= 15 is 0 Å². The second kappa shape index (κ2) is 6.23. The van der Waals surface area contributed by atoms with Crippen LogP contribution in [0.5, 0.6) is 0 Å². The molecule has 0 spiro atoms. The molecule has 1 unspecified atom stereocenters. The molecule has 21 heavy (non-hydrogen) atoms. The predicted octanol–water partition coefficient (Wildman–Crippen LogP) is 1.13. The number of aliphatic hydroxyl groups excluding tert-OH is 1. The summed E-state index contributed by atoms with van der Waals surface area (Å²) in [6, 6.07) is 0. The summed E-state index contributed by atoms with van der Waals surface area (Å²) >= 11 is 0. The van der Waals surface area contributed by atoms with Gasteiger partial charge in [-0.25, -0.2) is 0 Å². The van der Waals surface area contributed by atoms with Crippen molar-refractivity contribution in [3.8, 4) is 0 Å². The monoisotopic (exact) mass is 328 g/mol. The molecule has 2 heterocycles. The van der Waals surface area contributed by atoms with Crippen LogP contribution in [0.3, 0.4) is 0 Å². The highest BCUT2D eigenvalue weighted by molar-refractivity contribution is 7.86. The largest absolute Gasteiger partial charge is 0.412 e. The Hall–Kier alpha value is -0.640. The first-order valence-corrected chi connectivity index (χ1v) is 8.27. The number of aliphatic hydroxyl groups is 1. The second-order valence-corrected chi connectivity index (χ2v) is 7.32. The summed E-state index contributed by atoms with van der Waals surface area (Å²) in [6.45, 7) is 0.0892. The zero-order chi connectivity index (χ0) is 15.7. The van der Waals surface area contributed by atoms with Crippen LogP contribution in [0.4, 0.5) is 13.2 Å². The van der Waals surface area contributed by atoms with Crippen molar-refractivity contribution in [3.05, 3.63) is 11.6 Å². The molecule has 1 fully saturated rings. The van der Waals surface area contributed by atoms with Crippen LogP contribution in [-0.4, -0.2) is 61.1 Å². The van der Waals surface area contributed by atoms with E-state index in [1.54, 1.807) is 0 Å². The van der Waals surface area contributed by atoms with Gasteiger partial charge in [-0.05, 0) is 25.2 Å². The van der Waals surface area contributed by atoms with E-state index in [1.165, 1.54) is 4.31 Å². The van der Waals surface area contributed by atoms with Gasteiger partial charge in [-0.3, -0.25) is 0 Å². The highest BCUT2D eigenvalue weighted by atomic mass is 32.2. The van der Waals surface area contributed by atoms with E-state index in [-0.39, 0.29) is 38.6 Å². The maximum Gasteiger partial charge on any atom is 0.412 e. The Bertz CT molecular complexity index is 504. The molecule has 0 aliphatic carbocycles. The number of hydrogen-bond acceptors (Lipinski definition) is 3. The zero-order valence-electron chi connectivity index (χ0n) is 11.5. The van der Waals surface area contributed by atoms with Crippen molar-refractivity contribution in [2.24, 2.45) is 5.92 Å². The van der Waals surface area contributed by atoms with Gasteiger partial charge < -0.3 is 5.11 Å². The third kappa shape index (κ3) is 3.77. The molecule has 2 aliphatic rings. The maximum atomic E-state index is 12.5. The molecule has 1 atom stereocenters. The van der Waals surface area contributed by atoms with Gasteiger partial charge in [-0.2, -0.15) is 30.2 Å². The molecule has 0 aromatic rings. The van der Waals surface area contributed by atoms with Crippen LogP contribution in [0.2, 0.25) is 0 Å². The molecule has 0 aromatic carbocycles. The van der Waals surface area contributed by atoms with Crippen molar-refractivity contribution < 1.29 is 26.7 Å². The minimum absolute atomic E-state index is 0.0792. The average molecular weight is 328 g/mol. The Morgan fingerprint density at radius 3 is 2.52 bits per heavy atom. The van der Waals surface area contributed by atoms with Crippen molar-refractivity contribution in [2.75, 3.05) is 32.8 Å². The third-order valence-corrected chi connectivity index (χ3v) is 5.90. The standard InChI is InChI=1S/C12H19F3N2O3S/c13-12(14,15)11-3-6-16(7-4-11)21(19,20)17-5-1-2-10(8-17)9-18/h3,10,18H,1-2,4-9H2. The maximum absolute atomic E-state index is 12.5. The average Bonchev–Trinajstić information content (AvgIpc) is 2.46. The number of piperidine rings is 1. The Balaban J connectivity index is 2.06. The molecular weight excluding hydrogens is 309 g/mol. The van der Waals surface area contributed by atoms with Gasteiger partial charge in [0.1, 0.15) is 0 Å². The Labute approximate surface area is 122 Å². The second-order valence-electron chi connectivity index (χ2n) is 5.39.